The Morgan fingerprint density at radius 2 is 1.79 bits per heavy atom. The molecule has 3 rings (SSSR count). The minimum absolute atomic E-state index is 0.0948. The topological polar surface area (TPSA) is 71.0 Å². The number of ether oxygens (including phenoxy) is 3. The molecule has 3 aromatic rings. The molecule has 0 aliphatic carbocycles. The second-order valence-corrected chi connectivity index (χ2v) is 5.85. The van der Waals surface area contributed by atoms with Crippen molar-refractivity contribution in [1.82, 2.24) is 0 Å². The number of methoxy groups -OCH3 is 2. The highest BCUT2D eigenvalue weighted by atomic mass is 16.5. The molecule has 1 aromatic carbocycles. The Labute approximate surface area is 138 Å². The van der Waals surface area contributed by atoms with Gasteiger partial charge in [0.05, 0.1) is 30.2 Å². The summed E-state index contributed by atoms with van der Waals surface area (Å²) in [4.78, 5) is 11.7. The third kappa shape index (κ3) is 2.73. The number of hydrogen-bond acceptors (Lipinski definition) is 6. The fraction of sp³-hybridized carbons (Fsp3) is 0.389. The molecule has 0 aliphatic rings. The molecule has 0 spiro atoms. The van der Waals surface area contributed by atoms with Gasteiger partial charge in [-0.15, -0.1) is 0 Å². The monoisotopic (exact) mass is 332 g/mol. The molecule has 24 heavy (non-hydrogen) atoms. The Hall–Kier alpha value is -2.47. The number of rotatable bonds is 6. The van der Waals surface area contributed by atoms with Crippen LogP contribution < -0.4 is 15.1 Å². The molecular formula is C18H20O6. The van der Waals surface area contributed by atoms with Gasteiger partial charge in [0.1, 0.15) is 12.4 Å². The molecule has 1 atom stereocenters. The Morgan fingerprint density at radius 1 is 1.04 bits per heavy atom. The molecule has 0 saturated carbocycles. The average Bonchev–Trinajstić information content (AvgIpc) is 3.03. The number of hydrogen-bond donors (Lipinski definition) is 0. The predicted octanol–water partition coefficient (Wildman–Crippen LogP) is 3.60. The lowest BCUT2D eigenvalue weighted by Gasteiger charge is -2.20. The van der Waals surface area contributed by atoms with Gasteiger partial charge in [0, 0.05) is 13.2 Å². The van der Waals surface area contributed by atoms with E-state index >= 15 is 0 Å². The molecule has 0 amide bonds. The summed E-state index contributed by atoms with van der Waals surface area (Å²) >= 11 is 0. The Kier molecular flexibility index (Phi) is 4.49. The van der Waals surface area contributed by atoms with Gasteiger partial charge in [-0.25, -0.2) is 4.79 Å². The molecule has 0 fully saturated rings. The summed E-state index contributed by atoms with van der Waals surface area (Å²) in [5.74, 6) is 1.24. The predicted molar refractivity (Wildman–Crippen MR) is 89.9 cm³/mol. The van der Waals surface area contributed by atoms with E-state index in [1.165, 1.54) is 6.07 Å². The van der Waals surface area contributed by atoms with Crippen molar-refractivity contribution < 1.29 is 23.0 Å². The molecule has 6 nitrogen and oxygen atoms in total. The molecule has 2 aromatic heterocycles. The van der Waals surface area contributed by atoms with Crippen LogP contribution in [-0.2, 0) is 4.74 Å². The van der Waals surface area contributed by atoms with E-state index in [9.17, 15) is 4.79 Å². The lowest BCUT2D eigenvalue weighted by atomic mass is 10.1. The van der Waals surface area contributed by atoms with Gasteiger partial charge in [-0.2, -0.15) is 0 Å². The van der Waals surface area contributed by atoms with Crippen LogP contribution >= 0.6 is 0 Å². The van der Waals surface area contributed by atoms with E-state index in [2.05, 4.69) is 0 Å². The lowest BCUT2D eigenvalue weighted by Crippen LogP contribution is -2.26. The molecule has 1 unspecified atom stereocenters. The largest absolute Gasteiger partial charge is 0.495 e. The molecule has 6 heteroatoms. The summed E-state index contributed by atoms with van der Waals surface area (Å²) in [7, 11) is 3.20. The van der Waals surface area contributed by atoms with Gasteiger partial charge in [0.25, 0.3) is 0 Å². The van der Waals surface area contributed by atoms with Crippen LogP contribution in [0.2, 0.25) is 0 Å². The highest BCUT2D eigenvalue weighted by Gasteiger charge is 2.22. The molecule has 0 aliphatic heterocycles. The van der Waals surface area contributed by atoms with Gasteiger partial charge in [0.2, 0.25) is 5.75 Å². The number of benzene rings is 1. The maximum absolute atomic E-state index is 11.7. The molecule has 128 valence electrons. The lowest BCUT2D eigenvalue weighted by molar-refractivity contribution is 0.0265. The first-order valence-corrected chi connectivity index (χ1v) is 7.73. The van der Waals surface area contributed by atoms with Crippen molar-refractivity contribution in [3.8, 4) is 11.5 Å². The fourth-order valence-electron chi connectivity index (χ4n) is 2.73. The van der Waals surface area contributed by atoms with Crippen LogP contribution in [0.4, 0.5) is 0 Å². The third-order valence-electron chi connectivity index (χ3n) is 4.04. The van der Waals surface area contributed by atoms with Gasteiger partial charge in [-0.3, -0.25) is 0 Å². The van der Waals surface area contributed by atoms with Crippen LogP contribution in [0.3, 0.4) is 0 Å². The van der Waals surface area contributed by atoms with Gasteiger partial charge >= 0.3 is 5.63 Å². The fourth-order valence-corrected chi connectivity index (χ4v) is 2.73. The van der Waals surface area contributed by atoms with E-state index in [1.54, 1.807) is 32.6 Å². The highest BCUT2D eigenvalue weighted by molar-refractivity contribution is 6.06. The Bertz CT molecular complexity index is 905. The third-order valence-corrected chi connectivity index (χ3v) is 4.04. The van der Waals surface area contributed by atoms with Crippen LogP contribution in [0.1, 0.15) is 13.8 Å². The van der Waals surface area contributed by atoms with E-state index in [1.807, 2.05) is 13.8 Å². The van der Waals surface area contributed by atoms with Crippen LogP contribution in [0, 0.1) is 5.92 Å². The van der Waals surface area contributed by atoms with Crippen molar-refractivity contribution in [3.63, 3.8) is 0 Å². The zero-order chi connectivity index (χ0) is 17.3. The van der Waals surface area contributed by atoms with E-state index in [4.69, 9.17) is 23.0 Å². The van der Waals surface area contributed by atoms with E-state index in [-0.39, 0.29) is 12.0 Å². The van der Waals surface area contributed by atoms with Gasteiger partial charge in [0.15, 0.2) is 11.2 Å². The quantitative estimate of drug-likeness (QED) is 0.642. The van der Waals surface area contributed by atoms with Crippen molar-refractivity contribution in [3.05, 3.63) is 34.9 Å². The van der Waals surface area contributed by atoms with Crippen molar-refractivity contribution in [2.24, 2.45) is 5.92 Å². The smallest absolute Gasteiger partial charge is 0.336 e. The molecule has 0 saturated heterocycles. The highest BCUT2D eigenvalue weighted by Crippen LogP contribution is 2.42. The first-order chi connectivity index (χ1) is 11.6. The van der Waals surface area contributed by atoms with Crippen molar-refractivity contribution >= 4 is 21.9 Å². The molecule has 0 bridgehead atoms. The summed E-state index contributed by atoms with van der Waals surface area (Å²) in [6.45, 7) is 4.41. The zero-order valence-corrected chi connectivity index (χ0v) is 14.1. The normalized spacial score (nSPS) is 12.9. The van der Waals surface area contributed by atoms with Gasteiger partial charge < -0.3 is 23.0 Å². The first kappa shape index (κ1) is 16.4. The second kappa shape index (κ2) is 6.57. The maximum Gasteiger partial charge on any atom is 0.336 e. The summed E-state index contributed by atoms with van der Waals surface area (Å²) in [5.41, 5.74) is 0.320. The standard InChI is InChI=1S/C18H20O6/c1-10(2)13(20-3)9-23-18-16-12(7-8-22-16)15(21-4)11-5-6-14(19)24-17(11)18/h5-8,10,13H,9H2,1-4H3. The van der Waals surface area contributed by atoms with E-state index in [0.717, 1.165) is 5.39 Å². The molecular weight excluding hydrogens is 312 g/mol. The maximum atomic E-state index is 11.7. The number of fused-ring (bicyclic) bond motifs is 2. The minimum atomic E-state index is -0.465. The Balaban J connectivity index is 2.18. The first-order valence-electron chi connectivity index (χ1n) is 7.73. The molecule has 2 heterocycles. The summed E-state index contributed by atoms with van der Waals surface area (Å²) < 4.78 is 27.8. The average molecular weight is 332 g/mol. The Morgan fingerprint density at radius 3 is 2.46 bits per heavy atom. The zero-order valence-electron chi connectivity index (χ0n) is 14.1. The van der Waals surface area contributed by atoms with Crippen LogP contribution in [0.25, 0.3) is 21.9 Å². The van der Waals surface area contributed by atoms with Gasteiger partial charge in [-0.1, -0.05) is 13.8 Å². The van der Waals surface area contributed by atoms with Crippen LogP contribution in [0.5, 0.6) is 11.5 Å². The van der Waals surface area contributed by atoms with Crippen LogP contribution in [0.15, 0.2) is 38.1 Å². The minimum Gasteiger partial charge on any atom is -0.495 e. The van der Waals surface area contributed by atoms with E-state index in [0.29, 0.717) is 34.7 Å². The summed E-state index contributed by atoms with van der Waals surface area (Å²) in [6, 6.07) is 4.81. The van der Waals surface area contributed by atoms with Crippen molar-refractivity contribution in [2.75, 3.05) is 20.8 Å². The van der Waals surface area contributed by atoms with E-state index < -0.39 is 5.63 Å². The molecule has 0 N–H and O–H groups in total. The SMILES string of the molecule is COc1c2ccoc2c(OCC(OC)C(C)C)c2oc(=O)ccc12. The number of furan rings is 1. The van der Waals surface area contributed by atoms with Crippen LogP contribution in [-0.4, -0.2) is 26.9 Å². The van der Waals surface area contributed by atoms with Crippen molar-refractivity contribution in [2.45, 2.75) is 20.0 Å². The molecule has 0 radical (unpaired) electrons. The summed E-state index contributed by atoms with van der Waals surface area (Å²) in [6.07, 6.45) is 1.45. The summed E-state index contributed by atoms with van der Waals surface area (Å²) in [5, 5.41) is 1.41. The van der Waals surface area contributed by atoms with Gasteiger partial charge in [-0.05, 0) is 18.1 Å². The second-order valence-electron chi connectivity index (χ2n) is 5.85. The van der Waals surface area contributed by atoms with Crippen molar-refractivity contribution in [1.29, 1.82) is 0 Å².